The fourth-order valence-electron chi connectivity index (χ4n) is 4.95. The van der Waals surface area contributed by atoms with E-state index in [1.807, 2.05) is 30.3 Å². The lowest BCUT2D eigenvalue weighted by Crippen LogP contribution is -2.40. The average Bonchev–Trinajstić information content (AvgIpc) is 3.29. The van der Waals surface area contributed by atoms with E-state index in [9.17, 15) is 8.42 Å². The maximum absolute atomic E-state index is 11.9. The number of fused-ring (bicyclic) bond motifs is 3. The van der Waals surface area contributed by atoms with E-state index in [4.69, 9.17) is 20.8 Å². The van der Waals surface area contributed by atoms with Crippen molar-refractivity contribution >= 4 is 57.4 Å². The number of H-pyrrole nitrogens is 1. The maximum Gasteiger partial charge on any atom is 0.229 e. The summed E-state index contributed by atoms with van der Waals surface area (Å²) < 4.78 is 39.1. The Labute approximate surface area is 237 Å². The molecule has 0 aliphatic heterocycles. The minimum Gasteiger partial charge on any atom is -0.492 e. The van der Waals surface area contributed by atoms with Crippen LogP contribution in [0.5, 0.6) is 5.75 Å². The van der Waals surface area contributed by atoms with Gasteiger partial charge in [0.25, 0.3) is 0 Å². The molecule has 39 heavy (non-hydrogen) atoms. The topological polar surface area (TPSA) is 92.4 Å². The first-order valence-corrected chi connectivity index (χ1v) is 18.3. The molecule has 0 saturated heterocycles. The van der Waals surface area contributed by atoms with Crippen molar-refractivity contribution < 1.29 is 17.6 Å². The summed E-state index contributed by atoms with van der Waals surface area (Å²) in [5, 5.41) is 6.21. The molecular formula is C29H38ClN3O4SSi. The van der Waals surface area contributed by atoms with Crippen LogP contribution in [0.2, 0.25) is 23.2 Å². The minimum absolute atomic E-state index is 0.239. The van der Waals surface area contributed by atoms with Gasteiger partial charge in [0.05, 0.1) is 28.6 Å². The third-order valence-electron chi connectivity index (χ3n) is 7.34. The zero-order valence-corrected chi connectivity index (χ0v) is 25.6. The molecule has 0 unspecified atom stereocenters. The summed E-state index contributed by atoms with van der Waals surface area (Å²) in [4.78, 5) is 3.45. The lowest BCUT2D eigenvalue weighted by Gasteiger charge is -2.34. The Morgan fingerprint density at radius 1 is 0.949 bits per heavy atom. The van der Waals surface area contributed by atoms with Gasteiger partial charge in [-0.2, -0.15) is 0 Å². The highest BCUT2D eigenvalue weighted by atomic mass is 35.5. The second-order valence-corrected chi connectivity index (χ2v) is 16.8. The predicted molar refractivity (Wildman–Crippen MR) is 165 cm³/mol. The van der Waals surface area contributed by atoms with E-state index < -0.39 is 18.3 Å². The molecule has 1 heterocycles. The largest absolute Gasteiger partial charge is 0.492 e. The van der Waals surface area contributed by atoms with Crippen LogP contribution in [0.4, 0.5) is 5.69 Å². The van der Waals surface area contributed by atoms with Crippen LogP contribution in [0, 0.1) is 0 Å². The molecule has 0 spiro atoms. The van der Waals surface area contributed by atoms with Gasteiger partial charge in [-0.25, -0.2) is 8.42 Å². The molecule has 0 aliphatic carbocycles. The van der Waals surface area contributed by atoms with Crippen molar-refractivity contribution in [2.75, 3.05) is 30.7 Å². The molecule has 4 aromatic rings. The number of benzene rings is 3. The summed E-state index contributed by atoms with van der Waals surface area (Å²) >= 11 is 6.29. The normalized spacial score (nSPS) is 13.2. The molecule has 3 aromatic carbocycles. The molecular weight excluding hydrogens is 550 g/mol. The Kier molecular flexibility index (Phi) is 9.61. The van der Waals surface area contributed by atoms with Gasteiger partial charge in [-0.1, -0.05) is 56.6 Å². The molecule has 4 rings (SSSR count). The number of rotatable bonds is 14. The molecule has 210 valence electrons. The van der Waals surface area contributed by atoms with Crippen LogP contribution >= 0.6 is 11.6 Å². The number of aromatic amines is 1. The van der Waals surface area contributed by atoms with Crippen LogP contribution in [-0.2, 0) is 14.4 Å². The van der Waals surface area contributed by atoms with Crippen molar-refractivity contribution in [1.82, 2.24) is 10.3 Å². The minimum atomic E-state index is -3.46. The van der Waals surface area contributed by atoms with Gasteiger partial charge in [0, 0.05) is 35.4 Å². The first-order chi connectivity index (χ1) is 18.7. The lowest BCUT2D eigenvalue weighted by atomic mass is 10.1. The summed E-state index contributed by atoms with van der Waals surface area (Å²) in [6, 6.07) is 22.8. The number of para-hydroxylation sites is 1. The maximum atomic E-state index is 11.9. The predicted octanol–water partition coefficient (Wildman–Crippen LogP) is 7.08. The van der Waals surface area contributed by atoms with E-state index in [1.165, 1.54) is 10.8 Å². The van der Waals surface area contributed by atoms with Crippen molar-refractivity contribution in [2.24, 2.45) is 0 Å². The SMILES string of the molecule is CC[Si](CC)(CC)O[C@@H](CNCCOc1ccc2c(c1)[nH]c1ccccc12)c1ccc(Cl)c(NS(C)(=O)=O)c1. The molecule has 1 atom stereocenters. The summed E-state index contributed by atoms with van der Waals surface area (Å²) in [6.07, 6.45) is 0.876. The summed E-state index contributed by atoms with van der Waals surface area (Å²) in [6.45, 7) is 8.28. The fraction of sp³-hybridized carbons (Fsp3) is 0.379. The number of hydrogen-bond acceptors (Lipinski definition) is 5. The highest BCUT2D eigenvalue weighted by Gasteiger charge is 2.32. The Bertz CT molecular complexity index is 1510. The number of aromatic nitrogens is 1. The Hall–Kier alpha value is -2.56. The van der Waals surface area contributed by atoms with Crippen LogP contribution in [0.3, 0.4) is 0 Å². The molecule has 0 amide bonds. The van der Waals surface area contributed by atoms with E-state index >= 15 is 0 Å². The Morgan fingerprint density at radius 2 is 1.67 bits per heavy atom. The molecule has 0 radical (unpaired) electrons. The highest BCUT2D eigenvalue weighted by molar-refractivity contribution is 7.92. The molecule has 0 saturated carbocycles. The standard InChI is InChI=1S/C29H38ClN3O4SSi/c1-5-39(6-2,7-3)37-29(21-12-15-25(30)28(18-21)33-38(4,34)35)20-31-16-17-36-22-13-14-24-23-10-8-9-11-26(23)32-27(24)19-22/h8-15,18-19,29,31-33H,5-7,16-17,20H2,1-4H3/t29-/m0/s1. The van der Waals surface area contributed by atoms with Crippen LogP contribution in [0.15, 0.2) is 60.7 Å². The molecule has 0 aliphatic rings. The van der Waals surface area contributed by atoms with E-state index in [1.54, 1.807) is 12.1 Å². The second-order valence-electron chi connectivity index (χ2n) is 9.89. The first kappa shape index (κ1) is 29.4. The van der Waals surface area contributed by atoms with Crippen LogP contribution < -0.4 is 14.8 Å². The second kappa shape index (κ2) is 12.7. The zero-order valence-electron chi connectivity index (χ0n) is 23.0. The molecule has 10 heteroatoms. The highest BCUT2D eigenvalue weighted by Crippen LogP contribution is 2.33. The van der Waals surface area contributed by atoms with Gasteiger partial charge >= 0.3 is 0 Å². The quantitative estimate of drug-likeness (QED) is 0.108. The Balaban J connectivity index is 1.43. The van der Waals surface area contributed by atoms with E-state index in [-0.39, 0.29) is 6.10 Å². The van der Waals surface area contributed by atoms with Gasteiger partial charge < -0.3 is 19.5 Å². The van der Waals surface area contributed by atoms with Crippen molar-refractivity contribution in [3.8, 4) is 5.75 Å². The van der Waals surface area contributed by atoms with Gasteiger partial charge in [-0.05, 0) is 54.0 Å². The van der Waals surface area contributed by atoms with Gasteiger partial charge in [-0.15, -0.1) is 0 Å². The number of ether oxygens (including phenoxy) is 1. The smallest absolute Gasteiger partial charge is 0.229 e. The molecule has 0 bridgehead atoms. The first-order valence-electron chi connectivity index (χ1n) is 13.5. The van der Waals surface area contributed by atoms with E-state index in [2.05, 4.69) is 54.0 Å². The summed E-state index contributed by atoms with van der Waals surface area (Å²) in [7, 11) is -5.41. The van der Waals surface area contributed by atoms with Gasteiger partial charge in [0.2, 0.25) is 10.0 Å². The molecule has 0 fully saturated rings. The van der Waals surface area contributed by atoms with Crippen LogP contribution in [0.25, 0.3) is 21.8 Å². The van der Waals surface area contributed by atoms with Crippen LogP contribution in [-0.4, -0.2) is 47.7 Å². The number of halogens is 1. The average molecular weight is 588 g/mol. The third-order valence-corrected chi connectivity index (χ3v) is 12.9. The number of sulfonamides is 1. The molecule has 3 N–H and O–H groups in total. The fourth-order valence-corrected chi connectivity index (χ4v) is 8.56. The molecule has 7 nitrogen and oxygen atoms in total. The monoisotopic (exact) mass is 587 g/mol. The number of anilines is 1. The van der Waals surface area contributed by atoms with Crippen molar-refractivity contribution in [1.29, 1.82) is 0 Å². The zero-order chi connectivity index (χ0) is 28.0. The van der Waals surface area contributed by atoms with Gasteiger partial charge in [0.1, 0.15) is 12.4 Å². The third kappa shape index (κ3) is 7.35. The Morgan fingerprint density at radius 3 is 2.38 bits per heavy atom. The summed E-state index contributed by atoms with van der Waals surface area (Å²) in [5.74, 6) is 0.812. The van der Waals surface area contributed by atoms with Gasteiger partial charge in [0.15, 0.2) is 8.32 Å². The van der Waals surface area contributed by atoms with E-state index in [0.29, 0.717) is 30.4 Å². The lowest BCUT2D eigenvalue weighted by molar-refractivity contribution is 0.183. The van der Waals surface area contributed by atoms with E-state index in [0.717, 1.165) is 46.7 Å². The van der Waals surface area contributed by atoms with Crippen molar-refractivity contribution in [3.05, 3.63) is 71.2 Å². The van der Waals surface area contributed by atoms with Crippen molar-refractivity contribution in [2.45, 2.75) is 45.0 Å². The van der Waals surface area contributed by atoms with Crippen molar-refractivity contribution in [3.63, 3.8) is 0 Å². The molecule has 1 aromatic heterocycles. The summed E-state index contributed by atoms with van der Waals surface area (Å²) in [5.41, 5.74) is 3.41. The van der Waals surface area contributed by atoms with Crippen LogP contribution in [0.1, 0.15) is 32.4 Å². The van der Waals surface area contributed by atoms with Gasteiger partial charge in [-0.3, -0.25) is 4.72 Å². The number of nitrogens with one attached hydrogen (secondary N) is 3. The number of hydrogen-bond donors (Lipinski definition) is 3.